The third kappa shape index (κ3) is 4.52. The van der Waals surface area contributed by atoms with Crippen molar-refractivity contribution in [2.24, 2.45) is 10.8 Å². The van der Waals surface area contributed by atoms with Crippen LogP contribution in [0.2, 0.25) is 0 Å². The number of primary amides is 1. The van der Waals surface area contributed by atoms with Crippen LogP contribution in [0.5, 0.6) is 23.5 Å². The molecule has 0 fully saturated rings. The lowest BCUT2D eigenvalue weighted by Crippen LogP contribution is -2.24. The molecule has 0 radical (unpaired) electrons. The zero-order valence-corrected chi connectivity index (χ0v) is 12.4. The van der Waals surface area contributed by atoms with E-state index in [4.69, 9.17) is 19.9 Å². The van der Waals surface area contributed by atoms with Crippen molar-refractivity contribution < 1.29 is 19.0 Å². The first-order valence-electron chi connectivity index (χ1n) is 6.31. The maximum atomic E-state index is 10.6. The van der Waals surface area contributed by atoms with E-state index < -0.39 is 6.03 Å². The van der Waals surface area contributed by atoms with Crippen LogP contribution >= 0.6 is 0 Å². The second kappa shape index (κ2) is 7.54. The van der Waals surface area contributed by atoms with Crippen LogP contribution in [-0.2, 0) is 0 Å². The van der Waals surface area contributed by atoms with Crippen LogP contribution in [0.15, 0.2) is 29.5 Å². The molecular weight excluding hydrogens is 304 g/mol. The van der Waals surface area contributed by atoms with Gasteiger partial charge in [0.2, 0.25) is 11.8 Å². The Labute approximate surface area is 131 Å². The van der Waals surface area contributed by atoms with Crippen molar-refractivity contribution in [2.45, 2.75) is 0 Å². The smallest absolute Gasteiger partial charge is 0.332 e. The van der Waals surface area contributed by atoms with Crippen LogP contribution in [0.1, 0.15) is 5.69 Å². The second-order valence-corrected chi connectivity index (χ2v) is 3.96. The number of rotatable bonds is 6. The highest BCUT2D eigenvalue weighted by molar-refractivity contribution is 5.82. The molecular formula is C13H14N6O4. The number of hydrogen-bond acceptors (Lipinski definition) is 8. The summed E-state index contributed by atoms with van der Waals surface area (Å²) in [5.74, 6) is 0.875. The predicted octanol–water partition coefficient (Wildman–Crippen LogP) is 0.683. The van der Waals surface area contributed by atoms with Crippen molar-refractivity contribution >= 4 is 12.2 Å². The molecule has 10 heteroatoms. The fourth-order valence-electron chi connectivity index (χ4n) is 1.48. The molecule has 0 aliphatic heterocycles. The Kier molecular flexibility index (Phi) is 5.23. The van der Waals surface area contributed by atoms with Crippen LogP contribution in [0.4, 0.5) is 4.79 Å². The van der Waals surface area contributed by atoms with E-state index in [0.29, 0.717) is 11.4 Å². The van der Waals surface area contributed by atoms with Crippen LogP contribution in [-0.4, -0.2) is 41.4 Å². The van der Waals surface area contributed by atoms with Crippen molar-refractivity contribution in [3.05, 3.63) is 30.1 Å². The highest BCUT2D eigenvalue weighted by Crippen LogP contribution is 2.24. The van der Waals surface area contributed by atoms with Gasteiger partial charge in [-0.1, -0.05) is 0 Å². The fourth-order valence-corrected chi connectivity index (χ4v) is 1.48. The molecule has 0 saturated heterocycles. The first kappa shape index (κ1) is 15.9. The summed E-state index contributed by atoms with van der Waals surface area (Å²) in [6.45, 7) is 0. The molecule has 0 aliphatic rings. The number of ether oxygens (including phenoxy) is 3. The fraction of sp³-hybridized carbons (Fsp3) is 0.154. The lowest BCUT2D eigenvalue weighted by atomic mass is 10.3. The number of hydrogen-bond donors (Lipinski definition) is 2. The summed E-state index contributed by atoms with van der Waals surface area (Å²) >= 11 is 0. The first-order valence-corrected chi connectivity index (χ1v) is 6.31. The van der Waals surface area contributed by atoms with Crippen molar-refractivity contribution in [1.29, 1.82) is 0 Å². The average Bonchev–Trinajstić information content (AvgIpc) is 2.55. The van der Waals surface area contributed by atoms with Crippen LogP contribution in [0.25, 0.3) is 0 Å². The van der Waals surface area contributed by atoms with E-state index in [1.54, 1.807) is 12.1 Å². The van der Waals surface area contributed by atoms with E-state index >= 15 is 0 Å². The highest BCUT2D eigenvalue weighted by atomic mass is 16.5. The van der Waals surface area contributed by atoms with Gasteiger partial charge >= 0.3 is 12.0 Å². The monoisotopic (exact) mass is 318 g/mol. The van der Waals surface area contributed by atoms with Gasteiger partial charge in [0.1, 0.15) is 5.69 Å². The van der Waals surface area contributed by atoms with Gasteiger partial charge in [-0.25, -0.2) is 10.2 Å². The summed E-state index contributed by atoms with van der Waals surface area (Å²) in [4.78, 5) is 22.8. The van der Waals surface area contributed by atoms with Crippen molar-refractivity contribution in [1.82, 2.24) is 20.4 Å². The first-order chi connectivity index (χ1) is 11.1. The van der Waals surface area contributed by atoms with E-state index in [0.717, 1.165) is 0 Å². The van der Waals surface area contributed by atoms with Gasteiger partial charge in [0.05, 0.1) is 26.5 Å². The topological polar surface area (TPSA) is 134 Å². The average molecular weight is 318 g/mol. The molecule has 0 unspecified atom stereocenters. The Morgan fingerprint density at radius 2 is 2.00 bits per heavy atom. The Morgan fingerprint density at radius 3 is 2.61 bits per heavy atom. The summed E-state index contributed by atoms with van der Waals surface area (Å²) in [6, 6.07) is 4.02. The van der Waals surface area contributed by atoms with E-state index in [1.165, 1.54) is 32.7 Å². The largest absolute Gasteiger partial charge is 0.481 e. The molecule has 0 aliphatic carbocycles. The minimum Gasteiger partial charge on any atom is -0.481 e. The number of carbonyl (C=O) groups is 1. The van der Waals surface area contributed by atoms with Crippen LogP contribution in [0, 0.1) is 0 Å². The number of pyridine rings is 1. The molecule has 2 aromatic heterocycles. The number of nitrogens with one attached hydrogen (secondary N) is 1. The van der Waals surface area contributed by atoms with Crippen molar-refractivity contribution in [3.8, 4) is 23.5 Å². The number of carbonyl (C=O) groups excluding carboxylic acids is 1. The molecule has 0 saturated carbocycles. The summed E-state index contributed by atoms with van der Waals surface area (Å²) in [7, 11) is 2.92. The number of urea groups is 1. The van der Waals surface area contributed by atoms with E-state index in [2.05, 4.69) is 25.5 Å². The lowest BCUT2D eigenvalue weighted by Gasteiger charge is -2.08. The molecule has 0 bridgehead atoms. The molecule has 23 heavy (non-hydrogen) atoms. The number of nitrogens with two attached hydrogens (primary N) is 1. The van der Waals surface area contributed by atoms with Gasteiger partial charge in [-0.2, -0.15) is 15.1 Å². The molecule has 0 spiro atoms. The zero-order valence-electron chi connectivity index (χ0n) is 12.4. The Morgan fingerprint density at radius 1 is 1.30 bits per heavy atom. The van der Waals surface area contributed by atoms with Crippen molar-refractivity contribution in [3.63, 3.8) is 0 Å². The second-order valence-electron chi connectivity index (χ2n) is 3.96. The SMILES string of the molecule is COc1cc(OC)nc(Oc2cccnc2C=NNC(N)=O)n1. The van der Waals surface area contributed by atoms with Gasteiger partial charge in [-0.3, -0.25) is 4.98 Å². The molecule has 3 N–H and O–H groups in total. The number of hydrazone groups is 1. The van der Waals surface area contributed by atoms with Crippen LogP contribution < -0.4 is 25.4 Å². The van der Waals surface area contributed by atoms with Gasteiger partial charge in [-0.15, -0.1) is 0 Å². The molecule has 0 aromatic carbocycles. The molecule has 2 aromatic rings. The molecule has 2 amide bonds. The maximum absolute atomic E-state index is 10.6. The third-order valence-electron chi connectivity index (χ3n) is 2.44. The number of aromatic nitrogens is 3. The quantitative estimate of drug-likeness (QED) is 0.591. The van der Waals surface area contributed by atoms with E-state index in [-0.39, 0.29) is 17.8 Å². The summed E-state index contributed by atoms with van der Waals surface area (Å²) in [5.41, 5.74) is 7.32. The number of methoxy groups -OCH3 is 2. The van der Waals surface area contributed by atoms with Gasteiger partial charge in [0.25, 0.3) is 0 Å². The van der Waals surface area contributed by atoms with Crippen molar-refractivity contribution in [2.75, 3.05) is 14.2 Å². The third-order valence-corrected chi connectivity index (χ3v) is 2.44. The summed E-state index contributed by atoms with van der Waals surface area (Å²) in [5, 5.41) is 3.63. The highest BCUT2D eigenvalue weighted by Gasteiger charge is 2.10. The normalized spacial score (nSPS) is 10.3. The summed E-state index contributed by atoms with van der Waals surface area (Å²) < 4.78 is 15.7. The van der Waals surface area contributed by atoms with Gasteiger partial charge in [0.15, 0.2) is 5.75 Å². The maximum Gasteiger partial charge on any atom is 0.332 e. The standard InChI is InChI=1S/C13H14N6O4/c1-21-10-6-11(22-2)18-13(17-10)23-9-4-3-5-15-8(9)7-16-19-12(14)20/h3-7H,1-2H3,(H3,14,19,20). The summed E-state index contributed by atoms with van der Waals surface area (Å²) in [6.07, 6.45) is 2.81. The molecule has 2 heterocycles. The predicted molar refractivity (Wildman–Crippen MR) is 79.8 cm³/mol. The van der Waals surface area contributed by atoms with Gasteiger partial charge < -0.3 is 19.9 Å². The van der Waals surface area contributed by atoms with Gasteiger partial charge in [0, 0.05) is 6.20 Å². The molecule has 2 rings (SSSR count). The molecule has 0 atom stereocenters. The lowest BCUT2D eigenvalue weighted by molar-refractivity contribution is 0.249. The molecule has 10 nitrogen and oxygen atoms in total. The Bertz CT molecular complexity index is 699. The minimum absolute atomic E-state index is 0.00621. The van der Waals surface area contributed by atoms with E-state index in [1.807, 2.05) is 0 Å². The minimum atomic E-state index is -0.791. The zero-order chi connectivity index (χ0) is 16.7. The van der Waals surface area contributed by atoms with Crippen LogP contribution in [0.3, 0.4) is 0 Å². The Hall–Kier alpha value is -3.43. The molecule has 120 valence electrons. The van der Waals surface area contributed by atoms with E-state index in [9.17, 15) is 4.79 Å². The number of amides is 2. The number of nitrogens with zero attached hydrogens (tertiary/aromatic N) is 4. The Balaban J connectivity index is 2.26. The van der Waals surface area contributed by atoms with Gasteiger partial charge in [-0.05, 0) is 12.1 Å².